The first kappa shape index (κ1) is 15.0. The number of nitrogens with zero attached hydrogens (tertiary/aromatic N) is 1. The van der Waals surface area contributed by atoms with E-state index in [1.54, 1.807) is 30.5 Å². The molecule has 1 aromatic carbocycles. The van der Waals surface area contributed by atoms with E-state index < -0.39 is 5.92 Å². The molecular weight excluding hydrogens is 266 g/mol. The lowest BCUT2D eigenvalue weighted by atomic mass is 9.92. The number of rotatable bonds is 6. The highest BCUT2D eigenvalue weighted by Gasteiger charge is 2.20. The highest BCUT2D eigenvalue weighted by molar-refractivity contribution is 5.70. The highest BCUT2D eigenvalue weighted by atomic mass is 16.3. The molecule has 1 atom stereocenters. The van der Waals surface area contributed by atoms with Crippen LogP contribution in [-0.4, -0.2) is 21.5 Å². The van der Waals surface area contributed by atoms with Crippen LogP contribution in [0.25, 0.3) is 0 Å². The molecule has 110 valence electrons. The Bertz CT molecular complexity index is 611. The summed E-state index contributed by atoms with van der Waals surface area (Å²) in [6, 6.07) is 8.33. The van der Waals surface area contributed by atoms with Gasteiger partial charge in [-0.3, -0.25) is 4.98 Å². The Balaban J connectivity index is 2.43. The number of benzene rings is 1. The SMILES string of the molecule is CCCCc1cc(C(C=O)c2ccccn2)c(O)cc1O. The van der Waals surface area contributed by atoms with Crippen molar-refractivity contribution < 1.29 is 15.0 Å². The van der Waals surface area contributed by atoms with E-state index in [2.05, 4.69) is 11.9 Å². The third-order valence-electron chi connectivity index (χ3n) is 3.51. The number of hydrogen-bond donors (Lipinski definition) is 2. The van der Waals surface area contributed by atoms with Crippen LogP contribution in [-0.2, 0) is 11.2 Å². The molecule has 0 radical (unpaired) electrons. The van der Waals surface area contributed by atoms with Crippen molar-refractivity contribution in [2.75, 3.05) is 0 Å². The fraction of sp³-hybridized carbons (Fsp3) is 0.294. The first-order valence-corrected chi connectivity index (χ1v) is 7.08. The van der Waals surface area contributed by atoms with E-state index in [4.69, 9.17) is 0 Å². The maximum Gasteiger partial charge on any atom is 0.133 e. The number of phenols is 2. The molecule has 21 heavy (non-hydrogen) atoms. The van der Waals surface area contributed by atoms with Gasteiger partial charge in [-0.2, -0.15) is 0 Å². The van der Waals surface area contributed by atoms with Crippen molar-refractivity contribution in [3.8, 4) is 11.5 Å². The highest BCUT2D eigenvalue weighted by Crippen LogP contribution is 2.34. The molecule has 0 aliphatic heterocycles. The van der Waals surface area contributed by atoms with Gasteiger partial charge in [0.1, 0.15) is 17.8 Å². The summed E-state index contributed by atoms with van der Waals surface area (Å²) in [4.78, 5) is 15.6. The molecule has 0 saturated heterocycles. The second kappa shape index (κ2) is 6.88. The van der Waals surface area contributed by atoms with E-state index in [1.807, 2.05) is 0 Å². The van der Waals surface area contributed by atoms with E-state index in [0.29, 0.717) is 17.7 Å². The minimum Gasteiger partial charge on any atom is -0.508 e. The molecule has 2 rings (SSSR count). The molecule has 4 heteroatoms. The molecule has 0 aliphatic rings. The van der Waals surface area contributed by atoms with Gasteiger partial charge in [-0.1, -0.05) is 19.4 Å². The van der Waals surface area contributed by atoms with Gasteiger partial charge in [0, 0.05) is 17.8 Å². The van der Waals surface area contributed by atoms with E-state index in [9.17, 15) is 15.0 Å². The zero-order valence-electron chi connectivity index (χ0n) is 12.0. The predicted molar refractivity (Wildman–Crippen MR) is 80.5 cm³/mol. The van der Waals surface area contributed by atoms with Crippen LogP contribution in [0.3, 0.4) is 0 Å². The van der Waals surface area contributed by atoms with Crippen LogP contribution in [0.15, 0.2) is 36.5 Å². The molecule has 1 unspecified atom stereocenters. The summed E-state index contributed by atoms with van der Waals surface area (Å²) in [7, 11) is 0. The summed E-state index contributed by atoms with van der Waals surface area (Å²) in [5.41, 5.74) is 1.80. The Morgan fingerprint density at radius 3 is 2.67 bits per heavy atom. The smallest absolute Gasteiger partial charge is 0.133 e. The summed E-state index contributed by atoms with van der Waals surface area (Å²) in [5.74, 6) is -0.655. The average Bonchev–Trinajstić information content (AvgIpc) is 2.50. The number of aromatic nitrogens is 1. The van der Waals surface area contributed by atoms with Crippen LogP contribution in [0.1, 0.15) is 42.5 Å². The van der Waals surface area contributed by atoms with Gasteiger partial charge in [0.05, 0.1) is 11.6 Å². The Labute approximate surface area is 124 Å². The predicted octanol–water partition coefficient (Wildman–Crippen LogP) is 3.17. The molecule has 1 aromatic heterocycles. The van der Waals surface area contributed by atoms with E-state index in [-0.39, 0.29) is 11.5 Å². The van der Waals surface area contributed by atoms with Crippen molar-refractivity contribution >= 4 is 6.29 Å². The third-order valence-corrected chi connectivity index (χ3v) is 3.51. The first-order chi connectivity index (χ1) is 10.2. The lowest BCUT2D eigenvalue weighted by Crippen LogP contribution is -2.06. The Hall–Kier alpha value is -2.36. The molecule has 1 heterocycles. The summed E-state index contributed by atoms with van der Waals surface area (Å²) < 4.78 is 0. The van der Waals surface area contributed by atoms with Crippen molar-refractivity contribution in [2.24, 2.45) is 0 Å². The van der Waals surface area contributed by atoms with Gasteiger partial charge in [-0.15, -0.1) is 0 Å². The van der Waals surface area contributed by atoms with Gasteiger partial charge in [0.2, 0.25) is 0 Å². The minimum atomic E-state index is -0.632. The summed E-state index contributed by atoms with van der Waals surface area (Å²) in [6.07, 6.45) is 5.03. The second-order valence-electron chi connectivity index (χ2n) is 5.01. The number of carbonyl (C=O) groups excluding carboxylic acids is 1. The zero-order valence-corrected chi connectivity index (χ0v) is 12.0. The Kier molecular flexibility index (Phi) is 4.93. The molecule has 0 amide bonds. The van der Waals surface area contributed by atoms with E-state index >= 15 is 0 Å². The van der Waals surface area contributed by atoms with Gasteiger partial charge >= 0.3 is 0 Å². The van der Waals surface area contributed by atoms with E-state index in [0.717, 1.165) is 24.7 Å². The van der Waals surface area contributed by atoms with Gasteiger partial charge in [-0.25, -0.2) is 0 Å². The van der Waals surface area contributed by atoms with Crippen LogP contribution in [0, 0.1) is 0 Å². The van der Waals surface area contributed by atoms with Gasteiger partial charge in [-0.05, 0) is 36.6 Å². The molecular formula is C17H19NO3. The number of aryl methyl sites for hydroxylation is 1. The van der Waals surface area contributed by atoms with Crippen molar-refractivity contribution in [1.82, 2.24) is 4.98 Å². The molecule has 0 aliphatic carbocycles. The van der Waals surface area contributed by atoms with Crippen LogP contribution in [0.5, 0.6) is 11.5 Å². The maximum absolute atomic E-state index is 11.5. The number of carbonyl (C=O) groups is 1. The van der Waals surface area contributed by atoms with Crippen molar-refractivity contribution in [3.05, 3.63) is 53.3 Å². The van der Waals surface area contributed by atoms with Crippen LogP contribution in [0.4, 0.5) is 0 Å². The van der Waals surface area contributed by atoms with Gasteiger partial charge in [0.25, 0.3) is 0 Å². The number of aromatic hydroxyl groups is 2. The minimum absolute atomic E-state index is 0.0652. The number of hydrogen-bond acceptors (Lipinski definition) is 4. The van der Waals surface area contributed by atoms with Crippen LogP contribution >= 0.6 is 0 Å². The van der Waals surface area contributed by atoms with E-state index in [1.165, 1.54) is 6.07 Å². The van der Waals surface area contributed by atoms with Crippen LogP contribution < -0.4 is 0 Å². The largest absolute Gasteiger partial charge is 0.508 e. The Morgan fingerprint density at radius 2 is 2.05 bits per heavy atom. The molecule has 2 N–H and O–H groups in total. The second-order valence-corrected chi connectivity index (χ2v) is 5.01. The summed E-state index contributed by atoms with van der Waals surface area (Å²) >= 11 is 0. The molecule has 0 saturated carbocycles. The lowest BCUT2D eigenvalue weighted by Gasteiger charge is -2.15. The number of pyridine rings is 1. The Morgan fingerprint density at radius 1 is 1.24 bits per heavy atom. The number of aldehydes is 1. The normalized spacial score (nSPS) is 12.0. The number of phenolic OH excluding ortho intramolecular Hbond substituents is 2. The van der Waals surface area contributed by atoms with Gasteiger partial charge in [0.15, 0.2) is 0 Å². The topological polar surface area (TPSA) is 70.4 Å². The lowest BCUT2D eigenvalue weighted by molar-refractivity contribution is -0.108. The third kappa shape index (κ3) is 3.40. The molecule has 4 nitrogen and oxygen atoms in total. The summed E-state index contributed by atoms with van der Waals surface area (Å²) in [5, 5.41) is 20.0. The van der Waals surface area contributed by atoms with Crippen molar-refractivity contribution in [3.63, 3.8) is 0 Å². The van der Waals surface area contributed by atoms with Crippen molar-refractivity contribution in [2.45, 2.75) is 32.1 Å². The molecule has 0 spiro atoms. The average molecular weight is 285 g/mol. The monoisotopic (exact) mass is 285 g/mol. The zero-order chi connectivity index (χ0) is 15.2. The number of unbranched alkanes of at least 4 members (excludes halogenated alkanes) is 1. The molecule has 0 bridgehead atoms. The molecule has 2 aromatic rings. The fourth-order valence-electron chi connectivity index (χ4n) is 2.32. The van der Waals surface area contributed by atoms with Crippen LogP contribution in [0.2, 0.25) is 0 Å². The standard InChI is InChI=1S/C17H19NO3/c1-2-3-6-12-9-13(17(21)10-16(12)20)14(11-19)15-7-4-5-8-18-15/h4-5,7-11,14,20-21H,2-3,6H2,1H3. The quantitative estimate of drug-likeness (QED) is 0.800. The first-order valence-electron chi connectivity index (χ1n) is 7.08. The fourth-order valence-corrected chi connectivity index (χ4v) is 2.32. The maximum atomic E-state index is 11.5. The summed E-state index contributed by atoms with van der Waals surface area (Å²) in [6.45, 7) is 2.07. The molecule has 0 fully saturated rings. The van der Waals surface area contributed by atoms with Crippen molar-refractivity contribution in [1.29, 1.82) is 0 Å². The van der Waals surface area contributed by atoms with Gasteiger partial charge < -0.3 is 15.0 Å².